The van der Waals surface area contributed by atoms with Crippen molar-refractivity contribution in [2.45, 2.75) is 25.9 Å². The summed E-state index contributed by atoms with van der Waals surface area (Å²) >= 11 is 0. The smallest absolute Gasteiger partial charge is 0.321 e. The van der Waals surface area contributed by atoms with Crippen molar-refractivity contribution >= 4 is 11.9 Å². The fourth-order valence-electron chi connectivity index (χ4n) is 0.830. The van der Waals surface area contributed by atoms with Gasteiger partial charge in [-0.1, -0.05) is 13.8 Å². The summed E-state index contributed by atoms with van der Waals surface area (Å²) in [5.41, 5.74) is 9.40. The fraction of sp³-hybridized carbons (Fsp3) is 0.714. The molecular weight excluding hydrogens is 176 g/mol. The van der Waals surface area contributed by atoms with Crippen molar-refractivity contribution in [3.8, 4) is 0 Å². The van der Waals surface area contributed by atoms with Gasteiger partial charge in [-0.25, -0.2) is 0 Å². The number of hydrogen-bond acceptors (Lipinski definition) is 4. The number of carboxylic acid groups (broad SMARTS) is 2. The van der Waals surface area contributed by atoms with E-state index in [1.54, 1.807) is 0 Å². The van der Waals surface area contributed by atoms with Crippen LogP contribution in [0, 0.1) is 5.41 Å². The Morgan fingerprint density at radius 3 is 1.46 bits per heavy atom. The average molecular weight is 190 g/mol. The molecule has 0 rings (SSSR count). The van der Waals surface area contributed by atoms with E-state index in [2.05, 4.69) is 0 Å². The molecule has 6 N–H and O–H groups in total. The van der Waals surface area contributed by atoms with Crippen LogP contribution in [0.1, 0.15) is 13.8 Å². The van der Waals surface area contributed by atoms with E-state index in [1.807, 2.05) is 0 Å². The van der Waals surface area contributed by atoms with E-state index in [0.717, 1.165) is 0 Å². The van der Waals surface area contributed by atoms with Crippen LogP contribution in [0.2, 0.25) is 0 Å². The van der Waals surface area contributed by atoms with Crippen molar-refractivity contribution in [2.75, 3.05) is 0 Å². The van der Waals surface area contributed by atoms with Gasteiger partial charge in [-0.3, -0.25) is 9.59 Å². The molecule has 0 spiro atoms. The summed E-state index contributed by atoms with van der Waals surface area (Å²) in [6, 6.07) is -2.59. The Labute approximate surface area is 75.5 Å². The lowest BCUT2D eigenvalue weighted by atomic mass is 9.78. The molecule has 1 unspecified atom stereocenters. The summed E-state index contributed by atoms with van der Waals surface area (Å²) in [5, 5.41) is 17.1. The molecular formula is C7H14N2O4. The first-order valence-corrected chi connectivity index (χ1v) is 3.68. The summed E-state index contributed by atoms with van der Waals surface area (Å²) in [4.78, 5) is 21.0. The molecule has 0 amide bonds. The van der Waals surface area contributed by atoms with Crippen molar-refractivity contribution in [3.05, 3.63) is 0 Å². The maximum Gasteiger partial charge on any atom is 0.321 e. The number of aliphatic carboxylic acids is 2. The summed E-state index contributed by atoms with van der Waals surface area (Å²) in [7, 11) is 0. The van der Waals surface area contributed by atoms with Crippen LogP contribution in [-0.2, 0) is 9.59 Å². The summed E-state index contributed by atoms with van der Waals surface area (Å²) in [6.45, 7) is 2.81. The molecule has 0 radical (unpaired) electrons. The number of hydrogen-bond donors (Lipinski definition) is 4. The number of rotatable bonds is 4. The maximum absolute atomic E-state index is 10.5. The highest BCUT2D eigenvalue weighted by Crippen LogP contribution is 2.23. The molecule has 0 fully saturated rings. The quantitative estimate of drug-likeness (QED) is 0.442. The number of carbonyl (C=O) groups is 2. The molecule has 2 atom stereocenters. The van der Waals surface area contributed by atoms with Gasteiger partial charge in [0.25, 0.3) is 0 Å². The zero-order valence-electron chi connectivity index (χ0n) is 7.52. The average Bonchev–Trinajstić information content (AvgIpc) is 2.01. The lowest BCUT2D eigenvalue weighted by molar-refractivity contribution is -0.146. The molecule has 0 saturated heterocycles. The minimum Gasteiger partial charge on any atom is -0.480 e. The van der Waals surface area contributed by atoms with Crippen molar-refractivity contribution in [1.29, 1.82) is 0 Å². The van der Waals surface area contributed by atoms with Crippen molar-refractivity contribution in [1.82, 2.24) is 0 Å². The third-order valence-corrected chi connectivity index (χ3v) is 2.14. The van der Waals surface area contributed by atoms with Crippen LogP contribution in [0.15, 0.2) is 0 Å². The standard InChI is InChI=1S/C7H14N2O4/c1-7(2,3(8)5(10)11)4(9)6(12)13/h3-4H,8-9H2,1-2H3,(H,10,11)(H,12,13)/t3-,4?/m1/s1. The SMILES string of the molecule is CC(C)(C(N)C(=O)O)[C@H](N)C(=O)O. The number of carboxylic acids is 2. The van der Waals surface area contributed by atoms with E-state index in [9.17, 15) is 9.59 Å². The monoisotopic (exact) mass is 190 g/mol. The van der Waals surface area contributed by atoms with E-state index >= 15 is 0 Å². The van der Waals surface area contributed by atoms with Crippen molar-refractivity contribution < 1.29 is 19.8 Å². The molecule has 0 aliphatic heterocycles. The van der Waals surface area contributed by atoms with Gasteiger partial charge in [-0.15, -0.1) is 0 Å². The van der Waals surface area contributed by atoms with Gasteiger partial charge in [0.2, 0.25) is 0 Å². The molecule has 6 heteroatoms. The number of nitrogens with two attached hydrogens (primary N) is 2. The van der Waals surface area contributed by atoms with Gasteiger partial charge < -0.3 is 21.7 Å². The molecule has 6 nitrogen and oxygen atoms in total. The van der Waals surface area contributed by atoms with Crippen molar-refractivity contribution in [3.63, 3.8) is 0 Å². The second-order valence-electron chi connectivity index (χ2n) is 3.45. The molecule has 0 aromatic carbocycles. The molecule has 0 aromatic heterocycles. The lowest BCUT2D eigenvalue weighted by Gasteiger charge is -2.31. The van der Waals surface area contributed by atoms with Crippen LogP contribution < -0.4 is 11.5 Å². The highest BCUT2D eigenvalue weighted by Gasteiger charge is 2.41. The highest BCUT2D eigenvalue weighted by atomic mass is 16.4. The van der Waals surface area contributed by atoms with Crippen molar-refractivity contribution in [2.24, 2.45) is 16.9 Å². The van der Waals surface area contributed by atoms with Gasteiger partial charge in [-0.05, 0) is 0 Å². The normalized spacial score (nSPS) is 16.3. The Morgan fingerprint density at radius 2 is 1.31 bits per heavy atom. The Hall–Kier alpha value is -1.14. The Kier molecular flexibility index (Phi) is 3.39. The van der Waals surface area contributed by atoms with Crippen LogP contribution in [-0.4, -0.2) is 34.2 Å². The van der Waals surface area contributed by atoms with Crippen LogP contribution in [0.3, 0.4) is 0 Å². The first-order chi connectivity index (χ1) is 5.71. The second kappa shape index (κ2) is 3.71. The second-order valence-corrected chi connectivity index (χ2v) is 3.45. The summed E-state index contributed by atoms with van der Waals surface area (Å²) in [5.74, 6) is -2.52. The van der Waals surface area contributed by atoms with Gasteiger partial charge in [0.05, 0.1) is 0 Å². The van der Waals surface area contributed by atoms with Gasteiger partial charge in [0, 0.05) is 5.41 Å². The molecule has 13 heavy (non-hydrogen) atoms. The van der Waals surface area contributed by atoms with Crippen LogP contribution in [0.5, 0.6) is 0 Å². The van der Waals surface area contributed by atoms with Gasteiger partial charge >= 0.3 is 11.9 Å². The topological polar surface area (TPSA) is 127 Å². The molecule has 0 saturated carbocycles. The molecule has 0 bridgehead atoms. The first-order valence-electron chi connectivity index (χ1n) is 3.68. The third kappa shape index (κ3) is 2.40. The summed E-state index contributed by atoms with van der Waals surface area (Å²) < 4.78 is 0. The molecule has 0 aliphatic carbocycles. The Morgan fingerprint density at radius 1 is 1.08 bits per heavy atom. The van der Waals surface area contributed by atoms with Gasteiger partial charge in [0.1, 0.15) is 12.1 Å². The van der Waals surface area contributed by atoms with E-state index in [0.29, 0.717) is 0 Å². The van der Waals surface area contributed by atoms with E-state index in [1.165, 1.54) is 13.8 Å². The molecule has 0 aliphatic rings. The van der Waals surface area contributed by atoms with Crippen LogP contribution in [0.25, 0.3) is 0 Å². The zero-order chi connectivity index (χ0) is 10.8. The van der Waals surface area contributed by atoms with E-state index < -0.39 is 29.4 Å². The molecule has 76 valence electrons. The highest BCUT2D eigenvalue weighted by molar-refractivity contribution is 5.79. The fourth-order valence-corrected chi connectivity index (χ4v) is 0.830. The third-order valence-electron chi connectivity index (χ3n) is 2.14. The minimum atomic E-state index is -1.29. The van der Waals surface area contributed by atoms with E-state index in [-0.39, 0.29) is 0 Å². The predicted molar refractivity (Wildman–Crippen MR) is 45.0 cm³/mol. The maximum atomic E-state index is 10.5. The van der Waals surface area contributed by atoms with Crippen LogP contribution >= 0.6 is 0 Å². The zero-order valence-corrected chi connectivity index (χ0v) is 7.52. The molecule has 0 aromatic rings. The predicted octanol–water partition coefficient (Wildman–Crippen LogP) is -1.16. The lowest BCUT2D eigenvalue weighted by Crippen LogP contribution is -2.56. The summed E-state index contributed by atoms with van der Waals surface area (Å²) in [6.07, 6.45) is 0. The van der Waals surface area contributed by atoms with Gasteiger partial charge in [0.15, 0.2) is 0 Å². The molecule has 0 heterocycles. The first kappa shape index (κ1) is 11.9. The Bertz CT molecular complexity index is 205. The van der Waals surface area contributed by atoms with Crippen LogP contribution in [0.4, 0.5) is 0 Å². The van der Waals surface area contributed by atoms with Gasteiger partial charge in [-0.2, -0.15) is 0 Å². The largest absolute Gasteiger partial charge is 0.480 e. The van der Waals surface area contributed by atoms with E-state index in [4.69, 9.17) is 21.7 Å². The Balaban J connectivity index is 4.74. The minimum absolute atomic E-state index is 1.18.